The molecule has 2 rings (SSSR count). The highest BCUT2D eigenvalue weighted by Gasteiger charge is 2.07. The third kappa shape index (κ3) is 3.54. The Morgan fingerprint density at radius 1 is 1.47 bits per heavy atom. The number of aliphatic hydroxyl groups is 1. The van der Waals surface area contributed by atoms with Gasteiger partial charge in [-0.25, -0.2) is 4.98 Å². The van der Waals surface area contributed by atoms with Gasteiger partial charge in [0.15, 0.2) is 0 Å². The second kappa shape index (κ2) is 6.33. The number of aromatic nitrogens is 2. The number of hydrogen-bond donors (Lipinski definition) is 2. The standard InChI is InChI=1S/C14H19N3O2/c1-2-11(18)9-15-14(19)7-8-17-10-16-12-5-3-4-6-13(12)17/h3-6,10-11,18H,2,7-9H2,1H3,(H,15,19). The molecule has 0 spiro atoms. The summed E-state index contributed by atoms with van der Waals surface area (Å²) in [6.45, 7) is 2.79. The average Bonchev–Trinajstić information content (AvgIpc) is 2.85. The van der Waals surface area contributed by atoms with Gasteiger partial charge >= 0.3 is 0 Å². The molecular weight excluding hydrogens is 242 g/mol. The van der Waals surface area contributed by atoms with Crippen molar-refractivity contribution in [3.63, 3.8) is 0 Å². The van der Waals surface area contributed by atoms with Crippen molar-refractivity contribution in [1.82, 2.24) is 14.9 Å². The number of nitrogens with zero attached hydrogens (tertiary/aromatic N) is 2. The monoisotopic (exact) mass is 261 g/mol. The van der Waals surface area contributed by atoms with Crippen LogP contribution < -0.4 is 5.32 Å². The van der Waals surface area contributed by atoms with Crippen molar-refractivity contribution in [3.8, 4) is 0 Å². The number of aliphatic hydroxyl groups excluding tert-OH is 1. The van der Waals surface area contributed by atoms with Crippen LogP contribution in [-0.2, 0) is 11.3 Å². The van der Waals surface area contributed by atoms with Crippen molar-refractivity contribution in [1.29, 1.82) is 0 Å². The van der Waals surface area contributed by atoms with Crippen molar-refractivity contribution < 1.29 is 9.90 Å². The quantitative estimate of drug-likeness (QED) is 0.824. The van der Waals surface area contributed by atoms with Gasteiger partial charge in [0.25, 0.3) is 0 Å². The zero-order valence-corrected chi connectivity index (χ0v) is 11.0. The van der Waals surface area contributed by atoms with E-state index in [1.807, 2.05) is 35.8 Å². The molecule has 19 heavy (non-hydrogen) atoms. The lowest BCUT2D eigenvalue weighted by Crippen LogP contribution is -2.32. The first-order valence-corrected chi connectivity index (χ1v) is 6.55. The zero-order valence-electron chi connectivity index (χ0n) is 11.0. The predicted octanol–water partition coefficient (Wildman–Crippen LogP) is 1.31. The molecule has 0 aliphatic rings. The largest absolute Gasteiger partial charge is 0.391 e. The lowest BCUT2D eigenvalue weighted by Gasteiger charge is -2.09. The average molecular weight is 261 g/mol. The number of carbonyl (C=O) groups excluding carboxylic acids is 1. The van der Waals surface area contributed by atoms with Crippen molar-refractivity contribution in [2.75, 3.05) is 6.54 Å². The third-order valence-electron chi connectivity index (χ3n) is 3.11. The molecule has 2 aromatic rings. The maximum atomic E-state index is 11.6. The Hall–Kier alpha value is -1.88. The number of hydrogen-bond acceptors (Lipinski definition) is 3. The van der Waals surface area contributed by atoms with Crippen LogP contribution in [0.2, 0.25) is 0 Å². The van der Waals surface area contributed by atoms with Crippen molar-refractivity contribution in [2.24, 2.45) is 0 Å². The molecule has 102 valence electrons. The van der Waals surface area contributed by atoms with E-state index < -0.39 is 6.10 Å². The molecule has 1 amide bonds. The zero-order chi connectivity index (χ0) is 13.7. The van der Waals surface area contributed by atoms with E-state index in [9.17, 15) is 9.90 Å². The van der Waals surface area contributed by atoms with E-state index >= 15 is 0 Å². The van der Waals surface area contributed by atoms with Gasteiger partial charge in [0.1, 0.15) is 0 Å². The van der Waals surface area contributed by atoms with E-state index in [-0.39, 0.29) is 5.91 Å². The fraction of sp³-hybridized carbons (Fsp3) is 0.429. The Kier molecular flexibility index (Phi) is 4.52. The fourth-order valence-electron chi connectivity index (χ4n) is 1.87. The van der Waals surface area contributed by atoms with Gasteiger partial charge in [0.2, 0.25) is 5.91 Å². The Balaban J connectivity index is 1.87. The van der Waals surface area contributed by atoms with E-state index in [0.717, 1.165) is 11.0 Å². The summed E-state index contributed by atoms with van der Waals surface area (Å²) < 4.78 is 1.96. The minimum atomic E-state index is -0.460. The molecule has 1 unspecified atom stereocenters. The fourth-order valence-corrected chi connectivity index (χ4v) is 1.87. The molecular formula is C14H19N3O2. The van der Waals surface area contributed by atoms with Crippen molar-refractivity contribution in [2.45, 2.75) is 32.4 Å². The third-order valence-corrected chi connectivity index (χ3v) is 3.11. The van der Waals surface area contributed by atoms with Gasteiger partial charge in [0.05, 0.1) is 23.5 Å². The van der Waals surface area contributed by atoms with Crippen LogP contribution in [-0.4, -0.2) is 33.2 Å². The molecule has 0 aliphatic heterocycles. The summed E-state index contributed by atoms with van der Waals surface area (Å²) in [4.78, 5) is 15.9. The van der Waals surface area contributed by atoms with Crippen LogP contribution in [0, 0.1) is 0 Å². The number of nitrogens with one attached hydrogen (secondary N) is 1. The van der Waals surface area contributed by atoms with E-state index in [4.69, 9.17) is 0 Å². The van der Waals surface area contributed by atoms with Crippen LogP contribution in [0.15, 0.2) is 30.6 Å². The number of para-hydroxylation sites is 2. The maximum Gasteiger partial charge on any atom is 0.221 e. The summed E-state index contributed by atoms with van der Waals surface area (Å²) in [5.74, 6) is -0.0507. The summed E-state index contributed by atoms with van der Waals surface area (Å²) in [5.41, 5.74) is 1.97. The molecule has 1 atom stereocenters. The Bertz CT molecular complexity index is 550. The molecule has 2 N–H and O–H groups in total. The molecule has 0 bridgehead atoms. The molecule has 0 aliphatic carbocycles. The lowest BCUT2D eigenvalue weighted by molar-refractivity contribution is -0.121. The second-order valence-electron chi connectivity index (χ2n) is 4.54. The first-order chi connectivity index (χ1) is 9.20. The van der Waals surface area contributed by atoms with Gasteiger partial charge in [-0.15, -0.1) is 0 Å². The van der Waals surface area contributed by atoms with E-state index in [0.29, 0.717) is 25.9 Å². The van der Waals surface area contributed by atoms with Crippen molar-refractivity contribution >= 4 is 16.9 Å². The molecule has 0 saturated heterocycles. The number of imidazole rings is 1. The Morgan fingerprint density at radius 2 is 2.26 bits per heavy atom. The number of fused-ring (bicyclic) bond motifs is 1. The van der Waals surface area contributed by atoms with Gasteiger partial charge in [-0.1, -0.05) is 19.1 Å². The Morgan fingerprint density at radius 3 is 3.05 bits per heavy atom. The summed E-state index contributed by atoms with van der Waals surface area (Å²) in [5, 5.41) is 12.1. The summed E-state index contributed by atoms with van der Waals surface area (Å²) in [6, 6.07) is 7.83. The highest BCUT2D eigenvalue weighted by atomic mass is 16.3. The highest BCUT2D eigenvalue weighted by molar-refractivity contribution is 5.77. The molecule has 1 aromatic carbocycles. The van der Waals surface area contributed by atoms with Crippen LogP contribution in [0.4, 0.5) is 0 Å². The topological polar surface area (TPSA) is 67.2 Å². The van der Waals surface area contributed by atoms with E-state index in [2.05, 4.69) is 10.3 Å². The normalized spacial score (nSPS) is 12.5. The maximum absolute atomic E-state index is 11.6. The van der Waals surface area contributed by atoms with E-state index in [1.165, 1.54) is 0 Å². The van der Waals surface area contributed by atoms with Crippen molar-refractivity contribution in [3.05, 3.63) is 30.6 Å². The number of aryl methyl sites for hydroxylation is 1. The smallest absolute Gasteiger partial charge is 0.221 e. The molecule has 5 heteroatoms. The van der Waals surface area contributed by atoms with Crippen LogP contribution in [0.3, 0.4) is 0 Å². The summed E-state index contributed by atoms with van der Waals surface area (Å²) in [6.07, 6.45) is 2.32. The minimum absolute atomic E-state index is 0.0507. The summed E-state index contributed by atoms with van der Waals surface area (Å²) >= 11 is 0. The van der Waals surface area contributed by atoms with Crippen LogP contribution in [0.25, 0.3) is 11.0 Å². The van der Waals surface area contributed by atoms with Gasteiger partial charge in [-0.05, 0) is 18.6 Å². The molecule has 0 fully saturated rings. The minimum Gasteiger partial charge on any atom is -0.391 e. The van der Waals surface area contributed by atoms with Gasteiger partial charge < -0.3 is 15.0 Å². The Labute approximate surface area is 112 Å². The molecule has 1 heterocycles. The molecule has 5 nitrogen and oxygen atoms in total. The van der Waals surface area contributed by atoms with Gasteiger partial charge in [0, 0.05) is 19.5 Å². The second-order valence-corrected chi connectivity index (χ2v) is 4.54. The molecule has 1 aromatic heterocycles. The van der Waals surface area contributed by atoms with Gasteiger partial charge in [-0.3, -0.25) is 4.79 Å². The summed E-state index contributed by atoms with van der Waals surface area (Å²) in [7, 11) is 0. The first-order valence-electron chi connectivity index (χ1n) is 6.55. The lowest BCUT2D eigenvalue weighted by atomic mass is 10.2. The molecule has 0 radical (unpaired) electrons. The van der Waals surface area contributed by atoms with Crippen LogP contribution in [0.1, 0.15) is 19.8 Å². The highest BCUT2D eigenvalue weighted by Crippen LogP contribution is 2.11. The van der Waals surface area contributed by atoms with E-state index in [1.54, 1.807) is 6.33 Å². The number of rotatable bonds is 6. The van der Waals surface area contributed by atoms with Crippen LogP contribution >= 0.6 is 0 Å². The number of amides is 1. The molecule has 0 saturated carbocycles. The predicted molar refractivity (Wildman–Crippen MR) is 73.7 cm³/mol. The first kappa shape index (κ1) is 13.5. The van der Waals surface area contributed by atoms with Crippen LogP contribution in [0.5, 0.6) is 0 Å². The SMILES string of the molecule is CCC(O)CNC(=O)CCn1cnc2ccccc21. The number of carbonyl (C=O) groups is 1. The number of benzene rings is 1. The van der Waals surface area contributed by atoms with Gasteiger partial charge in [-0.2, -0.15) is 0 Å².